The van der Waals surface area contributed by atoms with E-state index in [1.807, 2.05) is 13.1 Å². The number of nitrogens with zero attached hydrogens (tertiary/aromatic N) is 2. The molecule has 0 saturated heterocycles. The van der Waals surface area contributed by atoms with E-state index in [-0.39, 0.29) is 5.02 Å². The highest BCUT2D eigenvalue weighted by atomic mass is 35.5. The summed E-state index contributed by atoms with van der Waals surface area (Å²) in [6.45, 7) is 4.27. The van der Waals surface area contributed by atoms with Crippen molar-refractivity contribution in [1.29, 1.82) is 0 Å². The summed E-state index contributed by atoms with van der Waals surface area (Å²) < 4.78 is 14.0. The summed E-state index contributed by atoms with van der Waals surface area (Å²) in [5, 5.41) is 3.15. The van der Waals surface area contributed by atoms with Gasteiger partial charge in [0.15, 0.2) is 0 Å². The lowest BCUT2D eigenvalue weighted by molar-refractivity contribution is 0.610. The fraction of sp³-hybridized carbons (Fsp3) is 0.375. The van der Waals surface area contributed by atoms with Crippen LogP contribution in [0, 0.1) is 11.7 Å². The molecule has 0 aliphatic carbocycles. The van der Waals surface area contributed by atoms with Crippen molar-refractivity contribution in [1.82, 2.24) is 9.97 Å². The van der Waals surface area contributed by atoms with E-state index >= 15 is 0 Å². The van der Waals surface area contributed by atoms with Gasteiger partial charge in [-0.15, -0.1) is 0 Å². The molecule has 0 bridgehead atoms. The molecule has 1 aromatic heterocycles. The molecule has 0 spiro atoms. The van der Waals surface area contributed by atoms with Crippen LogP contribution in [0.3, 0.4) is 0 Å². The number of hydrogen-bond donors (Lipinski definition) is 1. The summed E-state index contributed by atoms with van der Waals surface area (Å²) in [6, 6.07) is 6.91. The normalized spacial score (nSPS) is 11.0. The van der Waals surface area contributed by atoms with Crippen LogP contribution in [0.5, 0.6) is 0 Å². The molecule has 1 aromatic carbocycles. The molecule has 1 N–H and O–H groups in total. The van der Waals surface area contributed by atoms with Crippen LogP contribution in [0.15, 0.2) is 24.3 Å². The second kappa shape index (κ2) is 6.85. The van der Waals surface area contributed by atoms with Gasteiger partial charge >= 0.3 is 0 Å². The number of rotatable bonds is 5. The van der Waals surface area contributed by atoms with Crippen molar-refractivity contribution in [2.24, 2.45) is 5.92 Å². The molecule has 0 saturated carbocycles. The molecule has 0 unspecified atom stereocenters. The van der Waals surface area contributed by atoms with Crippen molar-refractivity contribution >= 4 is 17.4 Å². The number of hydrogen-bond acceptors (Lipinski definition) is 3. The Morgan fingerprint density at radius 3 is 2.71 bits per heavy atom. The van der Waals surface area contributed by atoms with E-state index < -0.39 is 5.82 Å². The molecular weight excluding hydrogens is 289 g/mol. The quantitative estimate of drug-likeness (QED) is 0.903. The summed E-state index contributed by atoms with van der Waals surface area (Å²) in [5.74, 6) is 1.44. The van der Waals surface area contributed by atoms with Crippen molar-refractivity contribution in [3.63, 3.8) is 0 Å². The van der Waals surface area contributed by atoms with Crippen molar-refractivity contribution in [2.45, 2.75) is 26.7 Å². The second-order valence-corrected chi connectivity index (χ2v) is 5.81. The number of nitrogens with one attached hydrogen (secondary N) is 1. The van der Waals surface area contributed by atoms with Crippen molar-refractivity contribution < 1.29 is 4.39 Å². The molecule has 0 aliphatic heterocycles. The minimum Gasteiger partial charge on any atom is -0.373 e. The third-order valence-electron chi connectivity index (χ3n) is 3.08. The van der Waals surface area contributed by atoms with Gasteiger partial charge in [0.25, 0.3) is 0 Å². The molecule has 2 aromatic rings. The molecule has 2 rings (SSSR count). The van der Waals surface area contributed by atoms with Gasteiger partial charge in [-0.2, -0.15) is 0 Å². The zero-order valence-electron chi connectivity index (χ0n) is 12.5. The van der Waals surface area contributed by atoms with Crippen LogP contribution in [0.25, 0.3) is 0 Å². The van der Waals surface area contributed by atoms with E-state index in [0.717, 1.165) is 17.9 Å². The molecule has 0 amide bonds. The van der Waals surface area contributed by atoms with Crippen LogP contribution in [0.2, 0.25) is 5.02 Å². The van der Waals surface area contributed by atoms with Crippen LogP contribution >= 0.6 is 11.6 Å². The van der Waals surface area contributed by atoms with E-state index in [2.05, 4.69) is 29.1 Å². The number of benzene rings is 1. The zero-order valence-corrected chi connectivity index (χ0v) is 13.2. The van der Waals surface area contributed by atoms with Gasteiger partial charge in [0.05, 0.1) is 5.02 Å². The summed E-state index contributed by atoms with van der Waals surface area (Å²) in [7, 11) is 1.81. The molecule has 0 fully saturated rings. The predicted molar refractivity (Wildman–Crippen MR) is 84.3 cm³/mol. The highest BCUT2D eigenvalue weighted by Gasteiger charge is 2.11. The molecule has 0 aliphatic rings. The maximum absolute atomic E-state index is 14.0. The Morgan fingerprint density at radius 1 is 1.29 bits per heavy atom. The molecule has 0 radical (unpaired) electrons. The summed E-state index contributed by atoms with van der Waals surface area (Å²) in [5.41, 5.74) is 1.47. The molecule has 5 heteroatoms. The lowest BCUT2D eigenvalue weighted by Gasteiger charge is -2.10. The van der Waals surface area contributed by atoms with E-state index in [0.29, 0.717) is 23.7 Å². The third kappa shape index (κ3) is 4.14. The topological polar surface area (TPSA) is 37.8 Å². The Balaban J connectivity index is 2.32. The molecule has 0 atom stereocenters. The monoisotopic (exact) mass is 307 g/mol. The molecule has 1 heterocycles. The largest absolute Gasteiger partial charge is 0.373 e. The lowest BCUT2D eigenvalue weighted by Crippen LogP contribution is -2.07. The van der Waals surface area contributed by atoms with Gasteiger partial charge < -0.3 is 5.32 Å². The zero-order chi connectivity index (χ0) is 15.4. The highest BCUT2D eigenvalue weighted by Crippen LogP contribution is 2.20. The second-order valence-electron chi connectivity index (χ2n) is 5.40. The first kappa shape index (κ1) is 15.7. The third-order valence-corrected chi connectivity index (χ3v) is 3.37. The van der Waals surface area contributed by atoms with Crippen molar-refractivity contribution in [3.8, 4) is 0 Å². The van der Waals surface area contributed by atoms with Gasteiger partial charge in [0.1, 0.15) is 17.5 Å². The first-order valence-corrected chi connectivity index (χ1v) is 7.35. The van der Waals surface area contributed by atoms with Crippen LogP contribution in [-0.2, 0) is 12.8 Å². The minimum absolute atomic E-state index is 0.125. The van der Waals surface area contributed by atoms with Crippen LogP contribution in [0.4, 0.5) is 10.2 Å². The summed E-state index contributed by atoms with van der Waals surface area (Å²) >= 11 is 5.81. The predicted octanol–water partition coefficient (Wildman–Crippen LogP) is 4.10. The van der Waals surface area contributed by atoms with E-state index in [1.165, 1.54) is 6.07 Å². The van der Waals surface area contributed by atoms with Gasteiger partial charge in [-0.3, -0.25) is 0 Å². The molecule has 21 heavy (non-hydrogen) atoms. The van der Waals surface area contributed by atoms with Crippen LogP contribution in [0.1, 0.15) is 30.9 Å². The first-order chi connectivity index (χ1) is 9.99. The lowest BCUT2D eigenvalue weighted by atomic mass is 10.1. The van der Waals surface area contributed by atoms with Gasteiger partial charge in [0, 0.05) is 25.2 Å². The Labute approximate surface area is 129 Å². The summed E-state index contributed by atoms with van der Waals surface area (Å²) in [6.07, 6.45) is 1.19. The van der Waals surface area contributed by atoms with Gasteiger partial charge in [0.2, 0.25) is 0 Å². The van der Waals surface area contributed by atoms with Gasteiger partial charge in [-0.25, -0.2) is 14.4 Å². The molecule has 112 valence electrons. The maximum Gasteiger partial charge on any atom is 0.145 e. The number of aromatic nitrogens is 2. The maximum atomic E-state index is 14.0. The average Bonchev–Trinajstić information content (AvgIpc) is 2.43. The fourth-order valence-electron chi connectivity index (χ4n) is 2.14. The highest BCUT2D eigenvalue weighted by molar-refractivity contribution is 6.30. The number of anilines is 1. The first-order valence-electron chi connectivity index (χ1n) is 6.97. The van der Waals surface area contributed by atoms with Crippen molar-refractivity contribution in [2.75, 3.05) is 12.4 Å². The van der Waals surface area contributed by atoms with Crippen molar-refractivity contribution in [3.05, 3.63) is 52.2 Å². The Bertz CT molecular complexity index is 629. The standard InChI is InChI=1S/C16H19ClFN3/c1-10(2)7-12-9-14(19-3)21-15(20-12)8-11-5-4-6-13(17)16(11)18/h4-6,9-10H,7-8H2,1-3H3,(H,19,20,21). The fourth-order valence-corrected chi connectivity index (χ4v) is 2.33. The SMILES string of the molecule is CNc1cc(CC(C)C)nc(Cc2cccc(Cl)c2F)n1. The smallest absolute Gasteiger partial charge is 0.145 e. The Kier molecular flexibility index (Phi) is 5.12. The summed E-state index contributed by atoms with van der Waals surface area (Å²) in [4.78, 5) is 8.92. The van der Waals surface area contributed by atoms with E-state index in [4.69, 9.17) is 11.6 Å². The van der Waals surface area contributed by atoms with Gasteiger partial charge in [-0.1, -0.05) is 37.6 Å². The Morgan fingerprint density at radius 2 is 2.05 bits per heavy atom. The molecular formula is C16H19ClFN3. The van der Waals surface area contributed by atoms with Crippen LogP contribution in [-0.4, -0.2) is 17.0 Å². The van der Waals surface area contributed by atoms with Gasteiger partial charge in [-0.05, 0) is 24.0 Å². The van der Waals surface area contributed by atoms with E-state index in [1.54, 1.807) is 12.1 Å². The van der Waals surface area contributed by atoms with Crippen LogP contribution < -0.4 is 5.32 Å². The number of halogens is 2. The Hall–Kier alpha value is -1.68. The van der Waals surface area contributed by atoms with E-state index in [9.17, 15) is 4.39 Å². The average molecular weight is 308 g/mol. The molecule has 3 nitrogen and oxygen atoms in total. The minimum atomic E-state index is -0.400.